The van der Waals surface area contributed by atoms with E-state index in [9.17, 15) is 4.79 Å². The van der Waals surface area contributed by atoms with Gasteiger partial charge in [0.25, 0.3) is 0 Å². The van der Waals surface area contributed by atoms with Crippen LogP contribution < -0.4 is 11.1 Å². The lowest BCUT2D eigenvalue weighted by molar-refractivity contribution is -0.116. The molecule has 0 spiro atoms. The lowest BCUT2D eigenvalue weighted by Crippen LogP contribution is -2.18. The third kappa shape index (κ3) is 2.24. The van der Waals surface area contributed by atoms with Crippen molar-refractivity contribution in [1.82, 2.24) is 9.97 Å². The summed E-state index contributed by atoms with van der Waals surface area (Å²) in [7, 11) is 0. The number of anilines is 1. The van der Waals surface area contributed by atoms with Crippen LogP contribution in [0.5, 0.6) is 0 Å². The zero-order chi connectivity index (χ0) is 13.2. The fourth-order valence-corrected chi connectivity index (χ4v) is 2.44. The number of nitrogens with two attached hydrogens (primary N) is 1. The van der Waals surface area contributed by atoms with Crippen molar-refractivity contribution in [3.8, 4) is 11.3 Å². The molecule has 2 aromatic rings. The number of imidazole rings is 1. The first-order valence-electron chi connectivity index (χ1n) is 6.43. The van der Waals surface area contributed by atoms with Gasteiger partial charge in [0.1, 0.15) is 0 Å². The highest BCUT2D eigenvalue weighted by Crippen LogP contribution is 2.29. The van der Waals surface area contributed by atoms with E-state index >= 15 is 0 Å². The number of rotatable bonds is 3. The molecule has 5 heteroatoms. The van der Waals surface area contributed by atoms with E-state index in [1.165, 1.54) is 5.56 Å². The third-order valence-corrected chi connectivity index (χ3v) is 3.39. The summed E-state index contributed by atoms with van der Waals surface area (Å²) >= 11 is 0. The Labute approximate surface area is 111 Å². The predicted octanol–water partition coefficient (Wildman–Crippen LogP) is 1.46. The molecule has 0 atom stereocenters. The fourth-order valence-electron chi connectivity index (χ4n) is 2.44. The van der Waals surface area contributed by atoms with Gasteiger partial charge < -0.3 is 16.0 Å². The summed E-state index contributed by atoms with van der Waals surface area (Å²) in [6.07, 6.45) is 3.81. The van der Waals surface area contributed by atoms with Gasteiger partial charge in [-0.25, -0.2) is 4.98 Å². The van der Waals surface area contributed by atoms with Crippen molar-refractivity contribution in [2.24, 2.45) is 5.73 Å². The van der Waals surface area contributed by atoms with Crippen molar-refractivity contribution in [1.29, 1.82) is 0 Å². The Morgan fingerprint density at radius 1 is 1.32 bits per heavy atom. The monoisotopic (exact) mass is 256 g/mol. The van der Waals surface area contributed by atoms with Crippen LogP contribution in [0.25, 0.3) is 11.3 Å². The summed E-state index contributed by atoms with van der Waals surface area (Å²) < 4.78 is 0. The highest BCUT2D eigenvalue weighted by molar-refractivity contribution is 5.94. The van der Waals surface area contributed by atoms with Gasteiger partial charge in [0.15, 0.2) is 0 Å². The van der Waals surface area contributed by atoms with Crippen molar-refractivity contribution >= 4 is 11.6 Å². The zero-order valence-electron chi connectivity index (χ0n) is 10.6. The molecular weight excluding hydrogens is 240 g/mol. The van der Waals surface area contributed by atoms with E-state index in [2.05, 4.69) is 21.4 Å². The van der Waals surface area contributed by atoms with Gasteiger partial charge in [0, 0.05) is 29.8 Å². The number of fused-ring (bicyclic) bond motifs is 1. The molecule has 0 saturated carbocycles. The van der Waals surface area contributed by atoms with Gasteiger partial charge >= 0.3 is 0 Å². The Hall–Kier alpha value is -2.14. The van der Waals surface area contributed by atoms with Crippen molar-refractivity contribution in [3.63, 3.8) is 0 Å². The molecule has 1 aliphatic rings. The van der Waals surface area contributed by atoms with Crippen LogP contribution in [0, 0.1) is 0 Å². The van der Waals surface area contributed by atoms with Crippen LogP contribution >= 0.6 is 0 Å². The molecular formula is C14H16N4O. The van der Waals surface area contributed by atoms with Crippen molar-refractivity contribution in [3.05, 3.63) is 35.8 Å². The maximum atomic E-state index is 11.3. The van der Waals surface area contributed by atoms with Crippen LogP contribution in [-0.2, 0) is 17.6 Å². The summed E-state index contributed by atoms with van der Waals surface area (Å²) in [5.41, 5.74) is 10.8. The van der Waals surface area contributed by atoms with E-state index < -0.39 is 0 Å². The van der Waals surface area contributed by atoms with E-state index in [1.54, 1.807) is 6.33 Å². The maximum Gasteiger partial charge on any atom is 0.224 e. The van der Waals surface area contributed by atoms with Crippen LogP contribution in [0.15, 0.2) is 24.5 Å². The first-order chi connectivity index (χ1) is 9.28. The predicted molar refractivity (Wildman–Crippen MR) is 73.7 cm³/mol. The van der Waals surface area contributed by atoms with E-state index in [0.717, 1.165) is 35.5 Å². The minimum absolute atomic E-state index is 0.0869. The van der Waals surface area contributed by atoms with Gasteiger partial charge in [-0.05, 0) is 30.7 Å². The van der Waals surface area contributed by atoms with Crippen molar-refractivity contribution in [2.75, 3.05) is 11.9 Å². The number of benzene rings is 1. The highest BCUT2D eigenvalue weighted by Gasteiger charge is 2.16. The number of aryl methyl sites for hydroxylation is 1. The maximum absolute atomic E-state index is 11.3. The van der Waals surface area contributed by atoms with Gasteiger partial charge in [0.05, 0.1) is 12.0 Å². The number of nitrogens with zero attached hydrogens (tertiary/aromatic N) is 1. The second-order valence-corrected chi connectivity index (χ2v) is 4.69. The molecule has 0 aliphatic carbocycles. The quantitative estimate of drug-likeness (QED) is 0.777. The number of carbonyl (C=O) groups is 1. The molecule has 4 N–H and O–H groups in total. The number of nitrogens with one attached hydrogen (secondary N) is 2. The molecule has 0 radical (unpaired) electrons. The molecule has 98 valence electrons. The van der Waals surface area contributed by atoms with Gasteiger partial charge in [-0.1, -0.05) is 6.07 Å². The number of amides is 1. The van der Waals surface area contributed by atoms with Crippen LogP contribution in [0.1, 0.15) is 17.7 Å². The van der Waals surface area contributed by atoms with Crippen LogP contribution in [0.2, 0.25) is 0 Å². The van der Waals surface area contributed by atoms with E-state index in [-0.39, 0.29) is 5.91 Å². The Morgan fingerprint density at radius 2 is 2.21 bits per heavy atom. The van der Waals surface area contributed by atoms with E-state index in [1.807, 2.05) is 12.1 Å². The van der Waals surface area contributed by atoms with Crippen molar-refractivity contribution in [2.45, 2.75) is 19.3 Å². The summed E-state index contributed by atoms with van der Waals surface area (Å²) in [6, 6.07) is 6.04. The Bertz CT molecular complexity index is 618. The SMILES string of the molecule is NCCc1[nH]cnc1-c1ccc2c(c1)CCC(=O)N2. The highest BCUT2D eigenvalue weighted by atomic mass is 16.1. The number of aromatic amines is 1. The smallest absolute Gasteiger partial charge is 0.224 e. The van der Waals surface area contributed by atoms with Gasteiger partial charge in [0.2, 0.25) is 5.91 Å². The zero-order valence-corrected chi connectivity index (χ0v) is 10.6. The van der Waals surface area contributed by atoms with Crippen LogP contribution in [-0.4, -0.2) is 22.4 Å². The van der Waals surface area contributed by atoms with E-state index in [4.69, 9.17) is 5.73 Å². The summed E-state index contributed by atoms with van der Waals surface area (Å²) in [5.74, 6) is 0.0869. The number of H-pyrrole nitrogens is 1. The summed E-state index contributed by atoms with van der Waals surface area (Å²) in [6.45, 7) is 0.593. The Morgan fingerprint density at radius 3 is 3.05 bits per heavy atom. The molecule has 1 aliphatic heterocycles. The number of aromatic nitrogens is 2. The summed E-state index contributed by atoms with van der Waals surface area (Å²) in [4.78, 5) is 18.8. The third-order valence-electron chi connectivity index (χ3n) is 3.39. The molecule has 0 fully saturated rings. The molecule has 2 heterocycles. The lowest BCUT2D eigenvalue weighted by Gasteiger charge is -2.17. The second kappa shape index (κ2) is 4.85. The van der Waals surface area contributed by atoms with Gasteiger partial charge in [-0.2, -0.15) is 0 Å². The first-order valence-corrected chi connectivity index (χ1v) is 6.43. The largest absolute Gasteiger partial charge is 0.348 e. The molecule has 1 amide bonds. The fraction of sp³-hybridized carbons (Fsp3) is 0.286. The molecule has 0 unspecified atom stereocenters. The topological polar surface area (TPSA) is 83.8 Å². The minimum Gasteiger partial charge on any atom is -0.348 e. The average molecular weight is 256 g/mol. The standard InChI is InChI=1S/C14H16N4O/c15-6-5-12-14(17-8-16-12)10-1-3-11-9(7-10)2-4-13(19)18-11/h1,3,7-8H,2,4-6,15H2,(H,16,17)(H,18,19). The number of hydrogen-bond acceptors (Lipinski definition) is 3. The van der Waals surface area contributed by atoms with Gasteiger partial charge in [-0.15, -0.1) is 0 Å². The summed E-state index contributed by atoms with van der Waals surface area (Å²) in [5, 5.41) is 2.88. The average Bonchev–Trinajstić information content (AvgIpc) is 2.87. The molecule has 0 bridgehead atoms. The van der Waals surface area contributed by atoms with Crippen LogP contribution in [0.3, 0.4) is 0 Å². The number of hydrogen-bond donors (Lipinski definition) is 3. The lowest BCUT2D eigenvalue weighted by atomic mass is 9.98. The Kier molecular flexibility index (Phi) is 3.05. The molecule has 19 heavy (non-hydrogen) atoms. The van der Waals surface area contributed by atoms with Crippen molar-refractivity contribution < 1.29 is 4.79 Å². The van der Waals surface area contributed by atoms with E-state index in [0.29, 0.717) is 13.0 Å². The normalized spacial score (nSPS) is 14.1. The molecule has 3 rings (SSSR count). The first kappa shape index (κ1) is 11.9. The molecule has 5 nitrogen and oxygen atoms in total. The Balaban J connectivity index is 1.98. The minimum atomic E-state index is 0.0869. The molecule has 1 aromatic heterocycles. The molecule has 1 aromatic carbocycles. The van der Waals surface area contributed by atoms with Crippen LogP contribution in [0.4, 0.5) is 5.69 Å². The second-order valence-electron chi connectivity index (χ2n) is 4.69. The molecule has 0 saturated heterocycles. The number of carbonyl (C=O) groups excluding carboxylic acids is 1. The van der Waals surface area contributed by atoms with Gasteiger partial charge in [-0.3, -0.25) is 4.79 Å².